The zero-order chi connectivity index (χ0) is 23.5. The molecule has 166 valence electrons. The zero-order valence-corrected chi connectivity index (χ0v) is 18.9. The molecule has 0 fully saturated rings. The minimum atomic E-state index is -1.25. The molecular weight excluding hydrogens is 464 g/mol. The monoisotopic (exact) mass is 484 g/mol. The van der Waals surface area contributed by atoms with Crippen LogP contribution in [0.1, 0.15) is 0 Å². The number of hydrogen-bond acceptors (Lipinski definition) is 8. The van der Waals surface area contributed by atoms with Crippen LogP contribution in [0.3, 0.4) is 0 Å². The van der Waals surface area contributed by atoms with E-state index in [4.69, 9.17) is 28.2 Å². The van der Waals surface area contributed by atoms with E-state index in [1.165, 1.54) is 20.2 Å². The predicted octanol–water partition coefficient (Wildman–Crippen LogP) is 5.75. The quantitative estimate of drug-likeness (QED) is 0.302. The van der Waals surface area contributed by atoms with E-state index < -0.39 is 23.9 Å². The van der Waals surface area contributed by atoms with Crippen molar-refractivity contribution in [2.45, 2.75) is 0 Å². The molecule has 2 N–H and O–H groups in total. The molecule has 0 saturated carbocycles. The van der Waals surface area contributed by atoms with E-state index in [9.17, 15) is 0 Å². The Morgan fingerprint density at radius 1 is 0.710 bits per heavy atom. The lowest BCUT2D eigenvalue weighted by Gasteiger charge is -1.82. The summed E-state index contributed by atoms with van der Waals surface area (Å²) in [5, 5.41) is 21.9. The smallest absolute Gasteiger partial charge is 0.450 e. The lowest BCUT2D eigenvalue weighted by Crippen LogP contribution is -1.91. The maximum Gasteiger partial charge on any atom is 0.505 e. The minimum absolute atomic E-state index is 0.750. The Kier molecular flexibility index (Phi) is 15.7. The lowest BCUT2D eigenvalue weighted by atomic mass is 10.3. The van der Waals surface area contributed by atoms with Crippen LogP contribution in [0.4, 0.5) is 9.59 Å². The van der Waals surface area contributed by atoms with Gasteiger partial charge in [-0.1, -0.05) is 36.4 Å². The SMILES string of the molecule is COC(=O)O.COC(=O)O.O=S=O.c1ccc2sccc2c1.c1ccc2sccc2c1. The van der Waals surface area contributed by atoms with Gasteiger partial charge in [0.15, 0.2) is 0 Å². The van der Waals surface area contributed by atoms with Crippen molar-refractivity contribution in [1.82, 2.24) is 0 Å². The van der Waals surface area contributed by atoms with Crippen LogP contribution in [-0.2, 0) is 21.0 Å². The highest BCUT2D eigenvalue weighted by atomic mass is 32.1. The third-order valence-corrected chi connectivity index (χ3v) is 4.87. The third kappa shape index (κ3) is 13.5. The number of carboxylic acid groups (broad SMARTS) is 2. The predicted molar refractivity (Wildman–Crippen MR) is 123 cm³/mol. The van der Waals surface area contributed by atoms with Crippen LogP contribution in [0.2, 0.25) is 0 Å². The Bertz CT molecular complexity index is 928. The summed E-state index contributed by atoms with van der Waals surface area (Å²) in [4.78, 5) is 18.3. The molecule has 2 aromatic heterocycles. The van der Waals surface area contributed by atoms with Gasteiger partial charge in [0.2, 0.25) is 0 Å². The summed E-state index contributed by atoms with van der Waals surface area (Å²) >= 11 is 2.82. The standard InChI is InChI=1S/2C8H6S.2C2H4O3.O2S/c2*1-2-4-8-7(3-1)5-6-9-8;2*1-5-2(3)4;1-3-2/h2*1-6H;2*1H3,(H,3,4);. The van der Waals surface area contributed by atoms with E-state index in [2.05, 4.69) is 80.9 Å². The van der Waals surface area contributed by atoms with E-state index in [1.54, 1.807) is 22.7 Å². The van der Waals surface area contributed by atoms with Crippen molar-refractivity contribution in [2.24, 2.45) is 0 Å². The van der Waals surface area contributed by atoms with Crippen molar-refractivity contribution in [2.75, 3.05) is 14.2 Å². The first-order valence-electron chi connectivity index (χ1n) is 8.19. The molecule has 0 radical (unpaired) electrons. The first kappa shape index (κ1) is 27.7. The first-order chi connectivity index (χ1) is 14.9. The van der Waals surface area contributed by atoms with E-state index in [0.29, 0.717) is 0 Å². The number of hydrogen-bond donors (Lipinski definition) is 2. The van der Waals surface area contributed by atoms with E-state index in [1.807, 2.05) is 0 Å². The highest BCUT2D eigenvalue weighted by Gasteiger charge is 1.88. The molecule has 4 rings (SSSR count). The second-order valence-corrected chi connectivity index (χ2v) is 6.96. The van der Waals surface area contributed by atoms with E-state index in [-0.39, 0.29) is 0 Å². The topological polar surface area (TPSA) is 127 Å². The Labute approximate surface area is 189 Å². The van der Waals surface area contributed by atoms with Crippen LogP contribution in [0.15, 0.2) is 71.4 Å². The molecule has 31 heavy (non-hydrogen) atoms. The van der Waals surface area contributed by atoms with E-state index >= 15 is 0 Å². The van der Waals surface area contributed by atoms with Crippen molar-refractivity contribution < 1.29 is 37.7 Å². The molecule has 0 unspecified atom stereocenters. The first-order valence-corrected chi connectivity index (χ1v) is 10.6. The molecule has 0 bridgehead atoms. The molecule has 2 aromatic carbocycles. The number of ether oxygens (including phenoxy) is 2. The van der Waals surface area contributed by atoms with Gasteiger partial charge in [0.25, 0.3) is 0 Å². The van der Waals surface area contributed by atoms with Crippen molar-refractivity contribution >= 4 is 66.7 Å². The summed E-state index contributed by atoms with van der Waals surface area (Å²) < 4.78 is 26.7. The zero-order valence-electron chi connectivity index (χ0n) is 16.5. The average molecular weight is 485 g/mol. The molecule has 0 aliphatic heterocycles. The Morgan fingerprint density at radius 2 is 1.00 bits per heavy atom. The second-order valence-electron chi connectivity index (χ2n) is 4.92. The van der Waals surface area contributed by atoms with Crippen LogP contribution in [-0.4, -0.2) is 45.2 Å². The average Bonchev–Trinajstić information content (AvgIpc) is 3.45. The summed E-state index contributed by atoms with van der Waals surface area (Å²) in [6.45, 7) is 0. The highest BCUT2D eigenvalue weighted by molar-refractivity contribution is 7.51. The summed E-state index contributed by atoms with van der Waals surface area (Å²) in [5.41, 5.74) is 0. The van der Waals surface area contributed by atoms with Crippen LogP contribution >= 0.6 is 22.7 Å². The summed E-state index contributed by atoms with van der Waals surface area (Å²) in [7, 11) is 2.20. The van der Waals surface area contributed by atoms with Gasteiger partial charge in [0, 0.05) is 9.40 Å². The molecule has 4 aromatic rings. The third-order valence-electron chi connectivity index (χ3n) is 3.07. The minimum Gasteiger partial charge on any atom is -0.450 e. The Morgan fingerprint density at radius 3 is 1.26 bits per heavy atom. The number of methoxy groups -OCH3 is 2. The van der Waals surface area contributed by atoms with Gasteiger partial charge in [-0.25, -0.2) is 9.59 Å². The van der Waals surface area contributed by atoms with Crippen LogP contribution in [0.5, 0.6) is 0 Å². The highest BCUT2D eigenvalue weighted by Crippen LogP contribution is 2.19. The van der Waals surface area contributed by atoms with Gasteiger partial charge in [-0.15, -0.1) is 22.7 Å². The van der Waals surface area contributed by atoms with Gasteiger partial charge in [0.05, 0.1) is 14.2 Å². The fraction of sp³-hybridized carbons (Fsp3) is 0.100. The fourth-order valence-corrected chi connectivity index (χ4v) is 3.39. The number of thiophene rings is 2. The summed E-state index contributed by atoms with van der Waals surface area (Å²) in [6, 6.07) is 21.1. The van der Waals surface area contributed by atoms with E-state index in [0.717, 1.165) is 14.2 Å². The van der Waals surface area contributed by atoms with Gasteiger partial charge in [-0.2, -0.15) is 8.42 Å². The van der Waals surface area contributed by atoms with Crippen LogP contribution < -0.4 is 0 Å². The van der Waals surface area contributed by atoms with Gasteiger partial charge in [-0.3, -0.25) is 0 Å². The van der Waals surface area contributed by atoms with Crippen molar-refractivity contribution in [3.8, 4) is 0 Å². The summed E-state index contributed by atoms with van der Waals surface area (Å²) in [5.74, 6) is 0. The normalized spacial score (nSPS) is 8.45. The molecule has 2 heterocycles. The maximum absolute atomic E-state index is 9.15. The molecule has 11 heteroatoms. The van der Waals surface area contributed by atoms with Gasteiger partial charge >= 0.3 is 23.9 Å². The van der Waals surface area contributed by atoms with Crippen molar-refractivity contribution in [3.63, 3.8) is 0 Å². The fourth-order valence-electron chi connectivity index (χ4n) is 1.81. The molecule has 0 amide bonds. The lowest BCUT2D eigenvalue weighted by molar-refractivity contribution is 0.112. The molecular formula is C20H20O8S3. The van der Waals surface area contributed by atoms with Crippen LogP contribution in [0.25, 0.3) is 20.2 Å². The number of carbonyl (C=O) groups is 2. The summed E-state index contributed by atoms with van der Waals surface area (Å²) in [6.07, 6.45) is -2.49. The molecule has 0 aliphatic carbocycles. The van der Waals surface area contributed by atoms with Gasteiger partial charge in [-0.05, 0) is 45.8 Å². The van der Waals surface area contributed by atoms with Crippen LogP contribution in [0, 0.1) is 0 Å². The van der Waals surface area contributed by atoms with Crippen molar-refractivity contribution in [1.29, 1.82) is 0 Å². The van der Waals surface area contributed by atoms with Gasteiger partial charge < -0.3 is 19.7 Å². The van der Waals surface area contributed by atoms with Gasteiger partial charge in [0.1, 0.15) is 0 Å². The van der Waals surface area contributed by atoms with Crippen molar-refractivity contribution in [3.05, 3.63) is 71.4 Å². The second kappa shape index (κ2) is 17.6. The molecule has 0 spiro atoms. The molecule has 0 saturated heterocycles. The number of fused-ring (bicyclic) bond motifs is 2. The largest absolute Gasteiger partial charge is 0.505 e. The molecule has 0 aliphatic rings. The molecule has 0 atom stereocenters. The number of benzene rings is 2. The maximum atomic E-state index is 9.15. The Balaban J connectivity index is 0.000000386. The molecule has 8 nitrogen and oxygen atoms in total. The Hall–Kier alpha value is -3.28. The number of rotatable bonds is 0.